The summed E-state index contributed by atoms with van der Waals surface area (Å²) in [5, 5.41) is 5.78. The van der Waals surface area contributed by atoms with Crippen LogP contribution < -0.4 is 10.6 Å². The van der Waals surface area contributed by atoms with Crippen molar-refractivity contribution in [3.05, 3.63) is 70.9 Å². The number of halogens is 1. The maximum absolute atomic E-state index is 13.3. The summed E-state index contributed by atoms with van der Waals surface area (Å²) in [6.45, 7) is 1.83. The van der Waals surface area contributed by atoms with Gasteiger partial charge >= 0.3 is 12.0 Å². The number of hydrogen-bond acceptors (Lipinski definition) is 4. The minimum Gasteiger partial charge on any atom is -0.465 e. The van der Waals surface area contributed by atoms with Crippen molar-refractivity contribution in [2.75, 3.05) is 17.7 Å². The lowest BCUT2D eigenvalue weighted by molar-refractivity contribution is 0.0603. The van der Waals surface area contributed by atoms with Crippen LogP contribution in [0, 0.1) is 12.7 Å². The largest absolute Gasteiger partial charge is 0.465 e. The van der Waals surface area contributed by atoms with E-state index in [9.17, 15) is 14.0 Å². The molecule has 1 aromatic heterocycles. The number of anilines is 2. The first kappa shape index (κ1) is 18.6. The number of benzene rings is 2. The number of methoxy groups -OCH3 is 1. The van der Waals surface area contributed by atoms with Gasteiger partial charge in [-0.15, -0.1) is 11.3 Å². The smallest absolute Gasteiger partial charge is 0.341 e. The Morgan fingerprint density at radius 2 is 1.67 bits per heavy atom. The Kier molecular flexibility index (Phi) is 5.52. The van der Waals surface area contributed by atoms with E-state index in [1.54, 1.807) is 36.4 Å². The Balaban J connectivity index is 1.95. The summed E-state index contributed by atoms with van der Waals surface area (Å²) in [7, 11) is 1.28. The highest BCUT2D eigenvalue weighted by Gasteiger charge is 2.25. The number of amides is 2. The molecule has 0 fully saturated rings. The maximum atomic E-state index is 13.3. The molecule has 0 saturated carbocycles. The quantitative estimate of drug-likeness (QED) is 0.600. The van der Waals surface area contributed by atoms with E-state index in [2.05, 4.69) is 10.6 Å². The zero-order valence-electron chi connectivity index (χ0n) is 14.7. The first-order valence-electron chi connectivity index (χ1n) is 8.10. The van der Waals surface area contributed by atoms with Crippen LogP contribution in [0.4, 0.5) is 19.9 Å². The second-order valence-corrected chi connectivity index (χ2v) is 6.91. The molecule has 7 heteroatoms. The van der Waals surface area contributed by atoms with Gasteiger partial charge in [0.25, 0.3) is 0 Å². The minimum absolute atomic E-state index is 0.245. The van der Waals surface area contributed by atoms with Gasteiger partial charge in [-0.2, -0.15) is 0 Å². The number of carbonyl (C=O) groups excluding carboxylic acids is 2. The zero-order chi connectivity index (χ0) is 19.4. The molecule has 0 unspecified atom stereocenters. The van der Waals surface area contributed by atoms with Gasteiger partial charge in [-0.1, -0.05) is 30.3 Å². The average molecular weight is 384 g/mol. The predicted molar refractivity (Wildman–Crippen MR) is 105 cm³/mol. The van der Waals surface area contributed by atoms with E-state index in [1.165, 1.54) is 30.6 Å². The highest BCUT2D eigenvalue weighted by atomic mass is 32.1. The monoisotopic (exact) mass is 384 g/mol. The van der Waals surface area contributed by atoms with Gasteiger partial charge in [-0.25, -0.2) is 14.0 Å². The van der Waals surface area contributed by atoms with E-state index >= 15 is 0 Å². The van der Waals surface area contributed by atoms with Gasteiger partial charge in [0.15, 0.2) is 0 Å². The van der Waals surface area contributed by atoms with E-state index in [0.29, 0.717) is 21.8 Å². The summed E-state index contributed by atoms with van der Waals surface area (Å²) in [5.74, 6) is -0.944. The van der Waals surface area contributed by atoms with Crippen LogP contribution in [0.1, 0.15) is 15.2 Å². The van der Waals surface area contributed by atoms with Crippen LogP contribution in [-0.2, 0) is 4.74 Å². The molecule has 0 saturated heterocycles. The van der Waals surface area contributed by atoms with E-state index in [4.69, 9.17) is 4.74 Å². The zero-order valence-corrected chi connectivity index (χ0v) is 15.5. The third kappa shape index (κ3) is 4.15. The molecule has 3 aromatic rings. The second-order valence-electron chi connectivity index (χ2n) is 5.68. The first-order valence-corrected chi connectivity index (χ1v) is 8.92. The van der Waals surface area contributed by atoms with Gasteiger partial charge in [0.05, 0.1) is 7.11 Å². The number of esters is 1. The van der Waals surface area contributed by atoms with E-state index in [1.807, 2.05) is 13.0 Å². The predicted octanol–water partition coefficient (Wildman–Crippen LogP) is 5.29. The molecule has 1 heterocycles. The molecule has 0 atom stereocenters. The average Bonchev–Trinajstić information content (AvgIpc) is 2.98. The van der Waals surface area contributed by atoms with Crippen LogP contribution in [0.3, 0.4) is 0 Å². The fraction of sp³-hybridized carbons (Fsp3) is 0.100. The minimum atomic E-state index is -0.575. The van der Waals surface area contributed by atoms with Crippen molar-refractivity contribution in [2.45, 2.75) is 6.92 Å². The molecule has 0 aliphatic carbocycles. The molecule has 0 radical (unpaired) electrons. The lowest BCUT2D eigenvalue weighted by Crippen LogP contribution is -2.20. The molecule has 0 spiro atoms. The molecule has 3 rings (SSSR count). The van der Waals surface area contributed by atoms with Crippen LogP contribution in [-0.4, -0.2) is 19.1 Å². The Morgan fingerprint density at radius 1 is 1.00 bits per heavy atom. The second kappa shape index (κ2) is 8.01. The maximum Gasteiger partial charge on any atom is 0.341 e. The molecule has 27 heavy (non-hydrogen) atoms. The summed E-state index contributed by atoms with van der Waals surface area (Å²) in [5.41, 5.74) is 2.15. The van der Waals surface area contributed by atoms with Crippen molar-refractivity contribution in [1.82, 2.24) is 0 Å². The molecule has 2 aromatic carbocycles. The molecule has 0 aliphatic rings. The van der Waals surface area contributed by atoms with E-state index in [-0.39, 0.29) is 11.4 Å². The standard InChI is InChI=1S/C20H17FN2O3S/c1-12-16(13-8-10-14(21)11-9-13)17(19(24)26-2)18(27-12)23-20(25)22-15-6-4-3-5-7-15/h3-11H,1-2H3,(H2,22,23,25). The number of rotatable bonds is 4. The van der Waals surface area contributed by atoms with Gasteiger partial charge in [-0.3, -0.25) is 5.32 Å². The number of ether oxygens (including phenoxy) is 1. The molecule has 138 valence electrons. The normalized spacial score (nSPS) is 10.3. The van der Waals surface area contributed by atoms with Gasteiger partial charge in [0.1, 0.15) is 16.4 Å². The van der Waals surface area contributed by atoms with Gasteiger partial charge < -0.3 is 10.1 Å². The van der Waals surface area contributed by atoms with Crippen molar-refractivity contribution in [1.29, 1.82) is 0 Å². The number of urea groups is 1. The summed E-state index contributed by atoms with van der Waals surface area (Å²) in [6, 6.07) is 14.3. The molecular formula is C20H17FN2O3S. The Hall–Kier alpha value is -3.19. The Bertz CT molecular complexity index is 969. The topological polar surface area (TPSA) is 67.4 Å². The number of para-hydroxylation sites is 1. The van der Waals surface area contributed by atoms with Gasteiger partial charge in [0.2, 0.25) is 0 Å². The highest BCUT2D eigenvalue weighted by Crippen LogP contribution is 2.40. The SMILES string of the molecule is COC(=O)c1c(NC(=O)Nc2ccccc2)sc(C)c1-c1ccc(F)cc1. The van der Waals surface area contributed by atoms with Crippen molar-refractivity contribution >= 4 is 34.0 Å². The Labute approximate surface area is 159 Å². The summed E-state index contributed by atoms with van der Waals surface area (Å²) < 4.78 is 18.2. The number of hydrogen-bond donors (Lipinski definition) is 2. The molecule has 2 N–H and O–H groups in total. The van der Waals surface area contributed by atoms with Gasteiger partial charge in [-0.05, 0) is 36.8 Å². The molecule has 0 bridgehead atoms. The summed E-state index contributed by atoms with van der Waals surface area (Å²) >= 11 is 1.26. The Morgan fingerprint density at radius 3 is 2.30 bits per heavy atom. The fourth-order valence-electron chi connectivity index (χ4n) is 2.68. The van der Waals surface area contributed by atoms with Crippen LogP contribution >= 0.6 is 11.3 Å². The van der Waals surface area contributed by atoms with Crippen molar-refractivity contribution in [3.63, 3.8) is 0 Å². The van der Waals surface area contributed by atoms with Crippen LogP contribution in [0.2, 0.25) is 0 Å². The van der Waals surface area contributed by atoms with Crippen LogP contribution in [0.15, 0.2) is 54.6 Å². The number of nitrogens with one attached hydrogen (secondary N) is 2. The lowest BCUT2D eigenvalue weighted by atomic mass is 10.0. The first-order chi connectivity index (χ1) is 13.0. The van der Waals surface area contributed by atoms with Crippen LogP contribution in [0.25, 0.3) is 11.1 Å². The molecular weight excluding hydrogens is 367 g/mol. The highest BCUT2D eigenvalue weighted by molar-refractivity contribution is 7.17. The third-order valence-electron chi connectivity index (χ3n) is 3.87. The van der Waals surface area contributed by atoms with E-state index < -0.39 is 12.0 Å². The lowest BCUT2D eigenvalue weighted by Gasteiger charge is -2.09. The summed E-state index contributed by atoms with van der Waals surface area (Å²) in [6.07, 6.45) is 0. The number of aryl methyl sites for hydroxylation is 1. The van der Waals surface area contributed by atoms with Crippen molar-refractivity contribution in [2.24, 2.45) is 0 Å². The van der Waals surface area contributed by atoms with Crippen molar-refractivity contribution in [3.8, 4) is 11.1 Å². The summed E-state index contributed by atoms with van der Waals surface area (Å²) in [4.78, 5) is 25.5. The van der Waals surface area contributed by atoms with Crippen LogP contribution in [0.5, 0.6) is 0 Å². The number of carbonyl (C=O) groups is 2. The third-order valence-corrected chi connectivity index (χ3v) is 4.89. The molecule has 5 nitrogen and oxygen atoms in total. The van der Waals surface area contributed by atoms with Crippen molar-refractivity contribution < 1.29 is 18.7 Å². The molecule has 2 amide bonds. The van der Waals surface area contributed by atoms with E-state index in [0.717, 1.165) is 4.88 Å². The number of thiophene rings is 1. The fourth-order valence-corrected chi connectivity index (χ4v) is 3.74. The molecule has 0 aliphatic heterocycles. The van der Waals surface area contributed by atoms with Gasteiger partial charge in [0, 0.05) is 16.1 Å².